The van der Waals surface area contributed by atoms with Gasteiger partial charge >= 0.3 is 0 Å². The predicted octanol–water partition coefficient (Wildman–Crippen LogP) is 2.50. The van der Waals surface area contributed by atoms with E-state index in [2.05, 4.69) is 21.2 Å². The van der Waals surface area contributed by atoms with Crippen LogP contribution in [0.3, 0.4) is 0 Å². The molecule has 1 aliphatic heterocycles. The van der Waals surface area contributed by atoms with Gasteiger partial charge < -0.3 is 10.2 Å². The van der Waals surface area contributed by atoms with Crippen LogP contribution in [0.15, 0.2) is 22.7 Å². The first-order valence-corrected chi connectivity index (χ1v) is 7.69. The number of rotatable bonds is 4. The maximum atomic E-state index is 12.0. The summed E-state index contributed by atoms with van der Waals surface area (Å²) in [6.07, 6.45) is 2.56. The fraction of sp³-hybridized carbons (Fsp3) is 0.467. The number of nitrogens with zero attached hydrogens (tertiary/aromatic N) is 1. The third-order valence-corrected chi connectivity index (χ3v) is 4.39. The molecular weight excluding hydrogens is 320 g/mol. The van der Waals surface area contributed by atoms with E-state index >= 15 is 0 Å². The Hall–Kier alpha value is -1.36. The Kier molecular flexibility index (Phi) is 5.17. The van der Waals surface area contributed by atoms with Crippen molar-refractivity contribution in [3.63, 3.8) is 0 Å². The Morgan fingerprint density at radius 1 is 1.30 bits per heavy atom. The van der Waals surface area contributed by atoms with Crippen LogP contribution < -0.4 is 5.32 Å². The summed E-state index contributed by atoms with van der Waals surface area (Å²) in [5.41, 5.74) is 1.64. The second kappa shape index (κ2) is 6.88. The molecule has 0 atom stereocenters. The lowest BCUT2D eigenvalue weighted by Gasteiger charge is -2.15. The summed E-state index contributed by atoms with van der Waals surface area (Å²) in [6, 6.07) is 5.47. The maximum Gasteiger partial charge on any atom is 0.251 e. The van der Waals surface area contributed by atoms with Gasteiger partial charge in [-0.3, -0.25) is 9.59 Å². The third-order valence-electron chi connectivity index (χ3n) is 3.50. The van der Waals surface area contributed by atoms with Crippen LogP contribution in [0.2, 0.25) is 0 Å². The molecule has 0 bridgehead atoms. The molecule has 1 heterocycles. The predicted molar refractivity (Wildman–Crippen MR) is 81.6 cm³/mol. The summed E-state index contributed by atoms with van der Waals surface area (Å²) in [6.45, 7) is 4.05. The van der Waals surface area contributed by atoms with E-state index in [4.69, 9.17) is 0 Å². The zero-order valence-electron chi connectivity index (χ0n) is 11.6. The number of amides is 2. The molecule has 4 nitrogen and oxygen atoms in total. The Morgan fingerprint density at radius 2 is 2.00 bits per heavy atom. The fourth-order valence-electron chi connectivity index (χ4n) is 2.30. The molecule has 20 heavy (non-hydrogen) atoms. The molecular formula is C15H19BrN2O2. The Labute approximate surface area is 127 Å². The van der Waals surface area contributed by atoms with Gasteiger partial charge in [0.15, 0.2) is 0 Å². The molecule has 1 aromatic rings. The van der Waals surface area contributed by atoms with E-state index in [1.54, 1.807) is 6.07 Å². The first-order valence-electron chi connectivity index (χ1n) is 6.90. The molecule has 0 saturated carbocycles. The Morgan fingerprint density at radius 3 is 2.65 bits per heavy atom. The maximum absolute atomic E-state index is 12.0. The number of carbonyl (C=O) groups excluding carboxylic acids is 2. The lowest BCUT2D eigenvalue weighted by Crippen LogP contribution is -2.32. The second-order valence-electron chi connectivity index (χ2n) is 5.06. The van der Waals surface area contributed by atoms with Crippen molar-refractivity contribution < 1.29 is 9.59 Å². The highest BCUT2D eigenvalue weighted by atomic mass is 79.9. The lowest BCUT2D eigenvalue weighted by molar-refractivity contribution is -0.129. The van der Waals surface area contributed by atoms with E-state index in [1.165, 1.54) is 0 Å². The van der Waals surface area contributed by atoms with Gasteiger partial charge in [-0.1, -0.05) is 15.9 Å². The highest BCUT2D eigenvalue weighted by molar-refractivity contribution is 9.10. The average Bonchev–Trinajstić information content (AvgIpc) is 2.95. The normalized spacial score (nSPS) is 14.4. The number of hydrogen-bond donors (Lipinski definition) is 1. The van der Waals surface area contributed by atoms with Gasteiger partial charge in [0, 0.05) is 36.1 Å². The quantitative estimate of drug-likeness (QED) is 0.916. The second-order valence-corrected chi connectivity index (χ2v) is 5.91. The van der Waals surface area contributed by atoms with Crippen molar-refractivity contribution >= 4 is 27.7 Å². The van der Waals surface area contributed by atoms with Gasteiger partial charge in [0.1, 0.15) is 0 Å². The Bertz CT molecular complexity index is 511. The summed E-state index contributed by atoms with van der Waals surface area (Å²) in [4.78, 5) is 25.7. The molecule has 5 heteroatoms. The molecule has 108 valence electrons. The molecule has 0 spiro atoms. The first kappa shape index (κ1) is 15.0. The largest absolute Gasteiger partial charge is 0.352 e. The number of nitrogens with one attached hydrogen (secondary N) is 1. The van der Waals surface area contributed by atoms with Gasteiger partial charge in [0.25, 0.3) is 5.91 Å². The highest BCUT2D eigenvalue weighted by Crippen LogP contribution is 2.17. The number of carbonyl (C=O) groups is 2. The van der Waals surface area contributed by atoms with Crippen molar-refractivity contribution in [2.75, 3.05) is 19.6 Å². The minimum Gasteiger partial charge on any atom is -0.352 e. The molecule has 1 aliphatic rings. The molecule has 1 N–H and O–H groups in total. The highest BCUT2D eigenvalue weighted by Gasteiger charge is 2.17. The van der Waals surface area contributed by atoms with Gasteiger partial charge in [0.2, 0.25) is 5.91 Å². The third kappa shape index (κ3) is 3.82. The lowest BCUT2D eigenvalue weighted by atomic mass is 10.1. The van der Waals surface area contributed by atoms with Crippen LogP contribution in [0.5, 0.6) is 0 Å². The monoisotopic (exact) mass is 338 g/mol. The van der Waals surface area contributed by atoms with E-state index < -0.39 is 0 Å². The van der Waals surface area contributed by atoms with Crippen molar-refractivity contribution in [1.29, 1.82) is 0 Å². The zero-order valence-corrected chi connectivity index (χ0v) is 13.2. The van der Waals surface area contributed by atoms with E-state index in [9.17, 15) is 9.59 Å². The summed E-state index contributed by atoms with van der Waals surface area (Å²) >= 11 is 3.41. The Balaban J connectivity index is 1.79. The molecule has 0 unspecified atom stereocenters. The zero-order chi connectivity index (χ0) is 14.5. The van der Waals surface area contributed by atoms with Crippen molar-refractivity contribution in [2.45, 2.75) is 26.2 Å². The van der Waals surface area contributed by atoms with Crippen molar-refractivity contribution in [2.24, 2.45) is 0 Å². The standard InChI is InChI=1S/C15H19BrN2O2/c1-11-10-12(4-5-13(11)16)15(20)17-7-6-14(19)18-8-2-3-9-18/h4-5,10H,2-3,6-9H2,1H3,(H,17,20). The van der Waals surface area contributed by atoms with E-state index in [1.807, 2.05) is 24.0 Å². The molecule has 0 aliphatic carbocycles. The fourth-order valence-corrected chi connectivity index (χ4v) is 2.54. The first-order chi connectivity index (χ1) is 9.58. The van der Waals surface area contributed by atoms with Crippen LogP contribution >= 0.6 is 15.9 Å². The van der Waals surface area contributed by atoms with E-state index in [0.717, 1.165) is 36.0 Å². The van der Waals surface area contributed by atoms with Crippen molar-refractivity contribution in [3.05, 3.63) is 33.8 Å². The van der Waals surface area contributed by atoms with Crippen LogP contribution in [-0.4, -0.2) is 36.3 Å². The summed E-state index contributed by atoms with van der Waals surface area (Å²) in [5.74, 6) is 0.00427. The molecule has 1 aromatic carbocycles. The number of halogens is 1. The van der Waals surface area contributed by atoms with Gasteiger partial charge in [-0.15, -0.1) is 0 Å². The molecule has 2 rings (SSSR count). The molecule has 2 amide bonds. The number of benzene rings is 1. The molecule has 1 fully saturated rings. The minimum atomic E-state index is -0.130. The van der Waals surface area contributed by atoms with Crippen LogP contribution in [0, 0.1) is 6.92 Å². The van der Waals surface area contributed by atoms with E-state index in [-0.39, 0.29) is 11.8 Å². The molecule has 1 saturated heterocycles. The van der Waals surface area contributed by atoms with Crippen LogP contribution in [-0.2, 0) is 4.79 Å². The molecule has 0 radical (unpaired) electrons. The number of hydrogen-bond acceptors (Lipinski definition) is 2. The van der Waals surface area contributed by atoms with E-state index in [0.29, 0.717) is 18.5 Å². The number of aryl methyl sites for hydroxylation is 1. The van der Waals surface area contributed by atoms with Crippen molar-refractivity contribution in [1.82, 2.24) is 10.2 Å². The molecule has 0 aromatic heterocycles. The topological polar surface area (TPSA) is 49.4 Å². The summed E-state index contributed by atoms with van der Waals surface area (Å²) in [5, 5.41) is 2.80. The summed E-state index contributed by atoms with van der Waals surface area (Å²) in [7, 11) is 0. The average molecular weight is 339 g/mol. The van der Waals surface area contributed by atoms with Crippen LogP contribution in [0.25, 0.3) is 0 Å². The smallest absolute Gasteiger partial charge is 0.251 e. The number of likely N-dealkylation sites (tertiary alicyclic amines) is 1. The summed E-state index contributed by atoms with van der Waals surface area (Å²) < 4.78 is 0.985. The minimum absolute atomic E-state index is 0.130. The van der Waals surface area contributed by atoms with Gasteiger partial charge in [-0.05, 0) is 43.5 Å². The SMILES string of the molecule is Cc1cc(C(=O)NCCC(=O)N2CCCC2)ccc1Br. The van der Waals surface area contributed by atoms with Crippen LogP contribution in [0.4, 0.5) is 0 Å². The van der Waals surface area contributed by atoms with Gasteiger partial charge in [0.05, 0.1) is 0 Å². The van der Waals surface area contributed by atoms with Gasteiger partial charge in [-0.25, -0.2) is 0 Å². The van der Waals surface area contributed by atoms with Crippen molar-refractivity contribution in [3.8, 4) is 0 Å². The van der Waals surface area contributed by atoms with Crippen LogP contribution in [0.1, 0.15) is 35.2 Å². The van der Waals surface area contributed by atoms with Gasteiger partial charge in [-0.2, -0.15) is 0 Å².